The van der Waals surface area contributed by atoms with Gasteiger partial charge in [-0.2, -0.15) is 11.8 Å². The first-order valence-electron chi connectivity index (χ1n) is 5.77. The van der Waals surface area contributed by atoms with Crippen LogP contribution in [0.2, 0.25) is 0 Å². The minimum atomic E-state index is -0.300. The van der Waals surface area contributed by atoms with Gasteiger partial charge in [-0.25, -0.2) is 0 Å². The molecule has 0 bridgehead atoms. The SMILES string of the molecule is CCOc1cccc(C(=O)C2CSCCO2)c1. The van der Waals surface area contributed by atoms with Crippen LogP contribution in [0.4, 0.5) is 0 Å². The van der Waals surface area contributed by atoms with Crippen LogP contribution in [0.15, 0.2) is 24.3 Å². The average Bonchev–Trinajstić information content (AvgIpc) is 2.40. The summed E-state index contributed by atoms with van der Waals surface area (Å²) in [6.45, 7) is 3.19. The number of benzene rings is 1. The summed E-state index contributed by atoms with van der Waals surface area (Å²) in [6, 6.07) is 7.30. The zero-order valence-electron chi connectivity index (χ0n) is 9.85. The second-order valence-corrected chi connectivity index (χ2v) is 4.91. The van der Waals surface area contributed by atoms with Crippen LogP contribution in [0.1, 0.15) is 17.3 Å². The van der Waals surface area contributed by atoms with Crippen molar-refractivity contribution in [2.45, 2.75) is 13.0 Å². The van der Waals surface area contributed by atoms with Crippen LogP contribution in [-0.4, -0.2) is 36.6 Å². The van der Waals surface area contributed by atoms with Crippen LogP contribution in [0, 0.1) is 0 Å². The fraction of sp³-hybridized carbons (Fsp3) is 0.462. The predicted octanol–water partition coefficient (Wildman–Crippen LogP) is 2.40. The molecule has 17 heavy (non-hydrogen) atoms. The van der Waals surface area contributed by atoms with Gasteiger partial charge in [-0.1, -0.05) is 12.1 Å². The minimum absolute atomic E-state index is 0.0544. The zero-order chi connectivity index (χ0) is 12.1. The van der Waals surface area contributed by atoms with Gasteiger partial charge >= 0.3 is 0 Å². The Kier molecular flexibility index (Phi) is 4.45. The second-order valence-electron chi connectivity index (χ2n) is 3.76. The number of hydrogen-bond donors (Lipinski definition) is 0. The highest BCUT2D eigenvalue weighted by Crippen LogP contribution is 2.19. The first kappa shape index (κ1) is 12.5. The van der Waals surface area contributed by atoms with Crippen LogP contribution in [0.5, 0.6) is 5.75 Å². The molecule has 0 aromatic heterocycles. The summed E-state index contributed by atoms with van der Waals surface area (Å²) in [4.78, 5) is 12.2. The molecule has 0 N–H and O–H groups in total. The number of rotatable bonds is 4. The Labute approximate surface area is 105 Å². The molecular weight excluding hydrogens is 236 g/mol. The van der Waals surface area contributed by atoms with Crippen molar-refractivity contribution < 1.29 is 14.3 Å². The highest BCUT2D eigenvalue weighted by atomic mass is 32.2. The van der Waals surface area contributed by atoms with Gasteiger partial charge in [-0.05, 0) is 19.1 Å². The Balaban J connectivity index is 2.09. The van der Waals surface area contributed by atoms with E-state index in [1.165, 1.54) is 0 Å². The van der Waals surface area contributed by atoms with Gasteiger partial charge in [0, 0.05) is 17.1 Å². The molecule has 1 saturated heterocycles. The monoisotopic (exact) mass is 252 g/mol. The van der Waals surface area contributed by atoms with E-state index in [9.17, 15) is 4.79 Å². The van der Waals surface area contributed by atoms with Crippen molar-refractivity contribution in [3.63, 3.8) is 0 Å². The van der Waals surface area contributed by atoms with Gasteiger partial charge in [-0.3, -0.25) is 4.79 Å². The van der Waals surface area contributed by atoms with Crippen molar-refractivity contribution in [1.82, 2.24) is 0 Å². The number of ketones is 1. The highest BCUT2D eigenvalue weighted by molar-refractivity contribution is 7.99. The molecule has 92 valence electrons. The smallest absolute Gasteiger partial charge is 0.192 e. The summed E-state index contributed by atoms with van der Waals surface area (Å²) in [6.07, 6.45) is -0.300. The fourth-order valence-corrected chi connectivity index (χ4v) is 2.57. The summed E-state index contributed by atoms with van der Waals surface area (Å²) in [5, 5.41) is 0. The molecule has 1 fully saturated rings. The molecule has 1 heterocycles. The first-order chi connectivity index (χ1) is 8.31. The third-order valence-corrected chi connectivity index (χ3v) is 3.53. The molecule has 1 unspecified atom stereocenters. The molecule has 1 aliphatic heterocycles. The zero-order valence-corrected chi connectivity index (χ0v) is 10.7. The summed E-state index contributed by atoms with van der Waals surface area (Å²) in [5.41, 5.74) is 0.670. The van der Waals surface area contributed by atoms with Crippen LogP contribution in [0.3, 0.4) is 0 Å². The number of carbonyl (C=O) groups excluding carboxylic acids is 1. The van der Waals surface area contributed by atoms with E-state index in [0.29, 0.717) is 18.8 Å². The van der Waals surface area contributed by atoms with E-state index >= 15 is 0 Å². The lowest BCUT2D eigenvalue weighted by Gasteiger charge is -2.21. The molecule has 1 atom stereocenters. The Morgan fingerprint density at radius 2 is 2.47 bits per heavy atom. The molecular formula is C13H16O3S. The molecule has 1 aromatic carbocycles. The third-order valence-electron chi connectivity index (χ3n) is 2.54. The summed E-state index contributed by atoms with van der Waals surface area (Å²) in [7, 11) is 0. The van der Waals surface area contributed by atoms with Crippen molar-refractivity contribution >= 4 is 17.5 Å². The lowest BCUT2D eigenvalue weighted by Crippen LogP contribution is -2.31. The van der Waals surface area contributed by atoms with E-state index in [-0.39, 0.29) is 11.9 Å². The molecule has 0 saturated carbocycles. The van der Waals surface area contributed by atoms with Crippen molar-refractivity contribution in [2.24, 2.45) is 0 Å². The number of thioether (sulfide) groups is 1. The van der Waals surface area contributed by atoms with Gasteiger partial charge in [0.2, 0.25) is 0 Å². The minimum Gasteiger partial charge on any atom is -0.494 e. The topological polar surface area (TPSA) is 35.5 Å². The van der Waals surface area contributed by atoms with E-state index in [0.717, 1.165) is 17.3 Å². The summed E-state index contributed by atoms with van der Waals surface area (Å²) >= 11 is 1.76. The summed E-state index contributed by atoms with van der Waals surface area (Å²) < 4.78 is 10.9. The fourth-order valence-electron chi connectivity index (χ4n) is 1.73. The molecule has 0 aliphatic carbocycles. The maximum Gasteiger partial charge on any atom is 0.192 e. The number of hydrogen-bond acceptors (Lipinski definition) is 4. The number of ether oxygens (including phenoxy) is 2. The van der Waals surface area contributed by atoms with Gasteiger partial charge in [0.15, 0.2) is 5.78 Å². The Bertz CT molecular complexity index is 386. The van der Waals surface area contributed by atoms with E-state index in [4.69, 9.17) is 9.47 Å². The van der Waals surface area contributed by atoms with E-state index in [1.54, 1.807) is 17.8 Å². The first-order valence-corrected chi connectivity index (χ1v) is 6.93. The highest BCUT2D eigenvalue weighted by Gasteiger charge is 2.23. The lowest BCUT2D eigenvalue weighted by molar-refractivity contribution is 0.0518. The molecule has 2 rings (SSSR count). The normalized spacial score (nSPS) is 19.9. The largest absolute Gasteiger partial charge is 0.494 e. The molecule has 1 aromatic rings. The van der Waals surface area contributed by atoms with Gasteiger partial charge in [0.05, 0.1) is 13.2 Å². The molecule has 0 amide bonds. The quantitative estimate of drug-likeness (QED) is 0.771. The van der Waals surface area contributed by atoms with Gasteiger partial charge < -0.3 is 9.47 Å². The summed E-state index contributed by atoms with van der Waals surface area (Å²) in [5.74, 6) is 2.51. The molecule has 1 aliphatic rings. The van der Waals surface area contributed by atoms with Crippen molar-refractivity contribution in [3.8, 4) is 5.75 Å². The Morgan fingerprint density at radius 3 is 3.18 bits per heavy atom. The number of Topliss-reactive ketones (excluding diaryl/α,β-unsaturated/α-hetero) is 1. The van der Waals surface area contributed by atoms with Crippen LogP contribution in [-0.2, 0) is 4.74 Å². The van der Waals surface area contributed by atoms with Gasteiger partial charge in [0.25, 0.3) is 0 Å². The van der Waals surface area contributed by atoms with Crippen molar-refractivity contribution in [3.05, 3.63) is 29.8 Å². The van der Waals surface area contributed by atoms with E-state index < -0.39 is 0 Å². The standard InChI is InChI=1S/C13H16O3S/c1-2-15-11-5-3-4-10(8-11)13(14)12-9-17-7-6-16-12/h3-5,8,12H,2,6-7,9H2,1H3. The van der Waals surface area contributed by atoms with Crippen LogP contribution in [0.25, 0.3) is 0 Å². The maximum absolute atomic E-state index is 12.2. The number of carbonyl (C=O) groups is 1. The average molecular weight is 252 g/mol. The Hall–Kier alpha value is -1.00. The molecule has 0 radical (unpaired) electrons. The van der Waals surface area contributed by atoms with E-state index in [2.05, 4.69) is 0 Å². The van der Waals surface area contributed by atoms with Gasteiger partial charge in [0.1, 0.15) is 11.9 Å². The predicted molar refractivity (Wildman–Crippen MR) is 69.0 cm³/mol. The maximum atomic E-state index is 12.2. The van der Waals surface area contributed by atoms with Crippen LogP contribution >= 0.6 is 11.8 Å². The third kappa shape index (κ3) is 3.23. The lowest BCUT2D eigenvalue weighted by atomic mass is 10.1. The van der Waals surface area contributed by atoms with E-state index in [1.807, 2.05) is 25.1 Å². The van der Waals surface area contributed by atoms with Crippen LogP contribution < -0.4 is 4.74 Å². The van der Waals surface area contributed by atoms with Crippen molar-refractivity contribution in [1.29, 1.82) is 0 Å². The molecule has 0 spiro atoms. The second kappa shape index (κ2) is 6.07. The molecule has 3 nitrogen and oxygen atoms in total. The van der Waals surface area contributed by atoms with Gasteiger partial charge in [-0.15, -0.1) is 0 Å². The Morgan fingerprint density at radius 1 is 1.59 bits per heavy atom. The molecule has 4 heteroatoms. The van der Waals surface area contributed by atoms with Crippen molar-refractivity contribution in [2.75, 3.05) is 24.7 Å².